The average molecular weight is 462 g/mol. The van der Waals surface area contributed by atoms with Crippen molar-refractivity contribution in [2.45, 2.75) is 18.4 Å². The van der Waals surface area contributed by atoms with Gasteiger partial charge in [0.15, 0.2) is 0 Å². The molecule has 0 radical (unpaired) electrons. The van der Waals surface area contributed by atoms with E-state index in [0.29, 0.717) is 12.4 Å². The van der Waals surface area contributed by atoms with Crippen LogP contribution in [0.2, 0.25) is 0 Å². The summed E-state index contributed by atoms with van der Waals surface area (Å²) in [5.74, 6) is -0.264. The zero-order chi connectivity index (χ0) is 23.2. The molecule has 0 aliphatic carbocycles. The van der Waals surface area contributed by atoms with Gasteiger partial charge in [0.05, 0.1) is 30.4 Å². The second kappa shape index (κ2) is 10.4. The van der Waals surface area contributed by atoms with Crippen molar-refractivity contribution in [3.63, 3.8) is 0 Å². The molecule has 0 aliphatic heterocycles. The molecule has 0 atom stereocenters. The highest BCUT2D eigenvalue weighted by atomic mass is 32.2. The lowest BCUT2D eigenvalue weighted by Crippen LogP contribution is -2.04. The molecule has 4 aromatic rings. The molecule has 0 saturated heterocycles. The van der Waals surface area contributed by atoms with Crippen LogP contribution in [0, 0.1) is 6.92 Å². The van der Waals surface area contributed by atoms with Crippen LogP contribution in [-0.4, -0.2) is 22.8 Å². The van der Waals surface area contributed by atoms with Crippen molar-refractivity contribution in [3.8, 4) is 22.7 Å². The molecule has 33 heavy (non-hydrogen) atoms. The number of aromatic nitrogens is 1. The Bertz CT molecular complexity index is 1250. The van der Waals surface area contributed by atoms with Crippen molar-refractivity contribution in [2.24, 2.45) is 0 Å². The predicted molar refractivity (Wildman–Crippen MR) is 128 cm³/mol. The number of carbonyl (C=O) groups is 1. The van der Waals surface area contributed by atoms with E-state index < -0.39 is 5.97 Å². The van der Waals surface area contributed by atoms with Gasteiger partial charge >= 0.3 is 5.97 Å². The first kappa shape index (κ1) is 22.7. The van der Waals surface area contributed by atoms with E-state index in [-0.39, 0.29) is 5.56 Å². The first-order valence-electron chi connectivity index (χ1n) is 10.3. The van der Waals surface area contributed by atoms with E-state index >= 15 is 0 Å². The number of carboxylic acid groups (broad SMARTS) is 1. The number of aryl methyl sites for hydroxylation is 1. The SMILES string of the molecule is COOSc1ccc(OCc2ccccc2)c(-c2ccc(C)n2-c2cccc(C(=O)O)c2)c1. The summed E-state index contributed by atoms with van der Waals surface area (Å²) in [5.41, 5.74) is 4.73. The van der Waals surface area contributed by atoms with Crippen molar-refractivity contribution >= 4 is 18.0 Å². The molecule has 3 aromatic carbocycles. The molecule has 1 aromatic heterocycles. The summed E-state index contributed by atoms with van der Waals surface area (Å²) in [6.07, 6.45) is 0. The molecule has 0 bridgehead atoms. The zero-order valence-electron chi connectivity index (χ0n) is 18.2. The molecule has 1 N–H and O–H groups in total. The number of nitrogens with zero attached hydrogens (tertiary/aromatic N) is 1. The number of ether oxygens (including phenoxy) is 1. The van der Waals surface area contributed by atoms with Crippen LogP contribution in [0.15, 0.2) is 89.8 Å². The minimum atomic E-state index is -0.967. The smallest absolute Gasteiger partial charge is 0.335 e. The maximum atomic E-state index is 11.5. The third-order valence-corrected chi connectivity index (χ3v) is 5.74. The van der Waals surface area contributed by atoms with Gasteiger partial charge in [-0.2, -0.15) is 4.33 Å². The Labute approximate surface area is 196 Å². The summed E-state index contributed by atoms with van der Waals surface area (Å²) in [4.78, 5) is 17.1. The van der Waals surface area contributed by atoms with Crippen molar-refractivity contribution in [2.75, 3.05) is 7.11 Å². The number of hydrogen-bond acceptors (Lipinski definition) is 5. The van der Waals surface area contributed by atoms with E-state index in [0.717, 1.165) is 45.1 Å². The summed E-state index contributed by atoms with van der Waals surface area (Å²) >= 11 is 1.10. The second-order valence-corrected chi connectivity index (χ2v) is 8.08. The van der Waals surface area contributed by atoms with Gasteiger partial charge in [-0.05, 0) is 61.0 Å². The third kappa shape index (κ3) is 5.28. The molecule has 0 spiro atoms. The largest absolute Gasteiger partial charge is 0.488 e. The Hall–Kier alpha value is -3.52. The molecule has 7 heteroatoms. The van der Waals surface area contributed by atoms with Gasteiger partial charge in [-0.3, -0.25) is 0 Å². The Kier molecular flexibility index (Phi) is 7.14. The second-order valence-electron chi connectivity index (χ2n) is 7.30. The fourth-order valence-corrected chi connectivity index (χ4v) is 4.00. The van der Waals surface area contributed by atoms with E-state index in [1.165, 1.54) is 7.11 Å². The van der Waals surface area contributed by atoms with Crippen LogP contribution in [0.1, 0.15) is 21.6 Å². The van der Waals surface area contributed by atoms with Gasteiger partial charge in [0.1, 0.15) is 12.4 Å². The third-order valence-electron chi connectivity index (χ3n) is 5.09. The van der Waals surface area contributed by atoms with Gasteiger partial charge in [0.2, 0.25) is 0 Å². The lowest BCUT2D eigenvalue weighted by atomic mass is 10.1. The normalized spacial score (nSPS) is 10.8. The maximum Gasteiger partial charge on any atom is 0.335 e. The van der Waals surface area contributed by atoms with Crippen LogP contribution in [0.25, 0.3) is 16.9 Å². The van der Waals surface area contributed by atoms with E-state index in [2.05, 4.69) is 0 Å². The molecule has 0 aliphatic rings. The Balaban J connectivity index is 1.78. The summed E-state index contributed by atoms with van der Waals surface area (Å²) in [6, 6.07) is 26.6. The number of carboxylic acids is 1. The number of hydrogen-bond donors (Lipinski definition) is 1. The molecule has 168 valence electrons. The molecular formula is C26H23NO5S. The topological polar surface area (TPSA) is 69.9 Å². The van der Waals surface area contributed by atoms with E-state index in [1.54, 1.807) is 18.2 Å². The lowest BCUT2D eigenvalue weighted by Gasteiger charge is -2.17. The van der Waals surface area contributed by atoms with Gasteiger partial charge in [-0.1, -0.05) is 36.4 Å². The average Bonchev–Trinajstić information content (AvgIpc) is 3.23. The van der Waals surface area contributed by atoms with Crippen LogP contribution in [0.5, 0.6) is 5.75 Å². The lowest BCUT2D eigenvalue weighted by molar-refractivity contribution is -0.160. The Morgan fingerprint density at radius 3 is 2.55 bits per heavy atom. The minimum Gasteiger partial charge on any atom is -0.488 e. The monoisotopic (exact) mass is 461 g/mol. The first-order valence-corrected chi connectivity index (χ1v) is 11.0. The quantitative estimate of drug-likeness (QED) is 0.179. The first-order chi connectivity index (χ1) is 16.1. The predicted octanol–water partition coefficient (Wildman–Crippen LogP) is 6.32. The molecule has 0 saturated carbocycles. The van der Waals surface area contributed by atoms with Gasteiger partial charge < -0.3 is 14.4 Å². The van der Waals surface area contributed by atoms with Crippen molar-refractivity contribution < 1.29 is 23.9 Å². The number of benzene rings is 3. The van der Waals surface area contributed by atoms with E-state index in [4.69, 9.17) is 14.0 Å². The number of aromatic carboxylic acids is 1. The van der Waals surface area contributed by atoms with Gasteiger partial charge in [-0.25, -0.2) is 9.68 Å². The summed E-state index contributed by atoms with van der Waals surface area (Å²) in [6.45, 7) is 2.40. The van der Waals surface area contributed by atoms with Crippen LogP contribution in [0.4, 0.5) is 0 Å². The van der Waals surface area contributed by atoms with E-state index in [9.17, 15) is 9.90 Å². The van der Waals surface area contributed by atoms with Crippen LogP contribution < -0.4 is 4.74 Å². The molecule has 0 fully saturated rings. The van der Waals surface area contributed by atoms with Crippen molar-refractivity contribution in [1.29, 1.82) is 0 Å². The highest BCUT2D eigenvalue weighted by molar-refractivity contribution is 7.94. The Morgan fingerprint density at radius 2 is 1.79 bits per heavy atom. The number of rotatable bonds is 9. The fraction of sp³-hybridized carbons (Fsp3) is 0.115. The summed E-state index contributed by atoms with van der Waals surface area (Å²) < 4.78 is 13.3. The maximum absolute atomic E-state index is 11.5. The summed E-state index contributed by atoms with van der Waals surface area (Å²) in [7, 11) is 1.45. The van der Waals surface area contributed by atoms with Crippen LogP contribution >= 0.6 is 12.0 Å². The highest BCUT2D eigenvalue weighted by Crippen LogP contribution is 2.37. The van der Waals surface area contributed by atoms with Crippen LogP contribution in [0.3, 0.4) is 0 Å². The van der Waals surface area contributed by atoms with Gasteiger partial charge in [0.25, 0.3) is 0 Å². The fourth-order valence-electron chi connectivity index (χ4n) is 3.57. The molecule has 6 nitrogen and oxygen atoms in total. The molecule has 1 heterocycles. The molecule has 0 amide bonds. The zero-order valence-corrected chi connectivity index (χ0v) is 19.0. The van der Waals surface area contributed by atoms with E-state index in [1.807, 2.05) is 78.2 Å². The van der Waals surface area contributed by atoms with Gasteiger partial charge in [0, 0.05) is 21.8 Å². The van der Waals surface area contributed by atoms with Crippen LogP contribution in [-0.2, 0) is 15.8 Å². The molecular weight excluding hydrogens is 438 g/mol. The molecule has 0 unspecified atom stereocenters. The highest BCUT2D eigenvalue weighted by Gasteiger charge is 2.17. The standard InChI is InChI=1S/C26H23NO5S/c1-18-11-13-24(27(18)21-10-6-9-20(15-21)26(28)29)23-16-22(33-32-30-2)12-14-25(23)31-17-19-7-4-3-5-8-19/h3-16H,17H2,1-2H3,(H,28,29). The minimum absolute atomic E-state index is 0.227. The van der Waals surface area contributed by atoms with Gasteiger partial charge in [-0.15, -0.1) is 0 Å². The van der Waals surface area contributed by atoms with Crippen molar-refractivity contribution in [1.82, 2.24) is 4.57 Å². The summed E-state index contributed by atoms with van der Waals surface area (Å²) in [5, 5.41) is 9.45. The van der Waals surface area contributed by atoms with Crippen molar-refractivity contribution in [3.05, 3.63) is 102 Å². The Morgan fingerprint density at radius 1 is 0.970 bits per heavy atom. The molecule has 4 rings (SSSR count).